The molecule has 0 aliphatic heterocycles. The van der Waals surface area contributed by atoms with Crippen LogP contribution in [0.1, 0.15) is 45.4 Å². The summed E-state index contributed by atoms with van der Waals surface area (Å²) in [7, 11) is 0. The Morgan fingerprint density at radius 2 is 2.12 bits per heavy atom. The van der Waals surface area contributed by atoms with E-state index in [9.17, 15) is 0 Å². The Morgan fingerprint density at radius 1 is 1.35 bits per heavy atom. The second-order valence-electron chi connectivity index (χ2n) is 4.60. The van der Waals surface area contributed by atoms with E-state index in [0.717, 1.165) is 29.2 Å². The van der Waals surface area contributed by atoms with Gasteiger partial charge in [-0.3, -0.25) is 0 Å². The lowest BCUT2D eigenvalue weighted by molar-refractivity contribution is 0.699. The molecule has 3 nitrogen and oxygen atoms in total. The highest BCUT2D eigenvalue weighted by molar-refractivity contribution is 9.10. The first kappa shape index (κ1) is 12.8. The minimum Gasteiger partial charge on any atom is -0.353 e. The molecular weight excluding hydrogens is 278 g/mol. The van der Waals surface area contributed by atoms with E-state index >= 15 is 0 Å². The van der Waals surface area contributed by atoms with Crippen LogP contribution in [-0.4, -0.2) is 22.6 Å². The van der Waals surface area contributed by atoms with Gasteiger partial charge in [0.2, 0.25) is 0 Å². The molecule has 0 amide bonds. The number of hydrogen-bond acceptors (Lipinski definition) is 3. The summed E-state index contributed by atoms with van der Waals surface area (Å²) in [4.78, 5) is 11.5. The van der Waals surface area contributed by atoms with E-state index < -0.39 is 0 Å². The van der Waals surface area contributed by atoms with Gasteiger partial charge in [0.15, 0.2) is 0 Å². The van der Waals surface area contributed by atoms with Crippen molar-refractivity contribution in [3.63, 3.8) is 0 Å². The zero-order valence-corrected chi connectivity index (χ0v) is 12.2. The maximum atomic E-state index is 4.65. The number of aryl methyl sites for hydroxylation is 1. The van der Waals surface area contributed by atoms with Crippen LogP contribution in [0, 0.1) is 0 Å². The van der Waals surface area contributed by atoms with Gasteiger partial charge in [-0.05, 0) is 35.2 Å². The molecule has 94 valence electrons. The van der Waals surface area contributed by atoms with Gasteiger partial charge in [0.1, 0.15) is 16.2 Å². The van der Waals surface area contributed by atoms with E-state index in [1.165, 1.54) is 25.7 Å². The normalized spacial score (nSPS) is 15.0. The van der Waals surface area contributed by atoms with E-state index in [-0.39, 0.29) is 0 Å². The Balaban J connectivity index is 2.18. The van der Waals surface area contributed by atoms with Crippen molar-refractivity contribution in [2.45, 2.75) is 52.0 Å². The zero-order valence-electron chi connectivity index (χ0n) is 10.6. The fourth-order valence-corrected chi connectivity index (χ4v) is 2.37. The van der Waals surface area contributed by atoms with Gasteiger partial charge in [-0.2, -0.15) is 0 Å². The quantitative estimate of drug-likeness (QED) is 0.752. The minimum absolute atomic E-state index is 0.716. The summed E-state index contributed by atoms with van der Waals surface area (Å²) >= 11 is 3.48. The second-order valence-corrected chi connectivity index (χ2v) is 5.41. The Bertz CT molecular complexity index is 377. The van der Waals surface area contributed by atoms with E-state index in [2.05, 4.69) is 44.6 Å². The van der Waals surface area contributed by atoms with Crippen LogP contribution in [0.5, 0.6) is 0 Å². The molecule has 1 aromatic rings. The Hall–Kier alpha value is -0.640. The maximum absolute atomic E-state index is 4.65. The van der Waals surface area contributed by atoms with Crippen molar-refractivity contribution in [1.29, 1.82) is 0 Å². The second kappa shape index (κ2) is 5.80. The van der Waals surface area contributed by atoms with Gasteiger partial charge in [-0.15, -0.1) is 0 Å². The molecule has 0 atom stereocenters. The number of hydrogen-bond donors (Lipinski definition) is 0. The molecule has 1 fully saturated rings. The maximum Gasteiger partial charge on any atom is 0.133 e. The lowest BCUT2D eigenvalue weighted by Crippen LogP contribution is -2.28. The number of halogens is 1. The van der Waals surface area contributed by atoms with Gasteiger partial charge >= 0.3 is 0 Å². The molecule has 1 saturated carbocycles. The van der Waals surface area contributed by atoms with Gasteiger partial charge < -0.3 is 4.90 Å². The molecule has 2 rings (SSSR count). The average molecular weight is 298 g/mol. The molecule has 0 unspecified atom stereocenters. The minimum atomic E-state index is 0.716. The van der Waals surface area contributed by atoms with E-state index in [1.807, 2.05) is 6.07 Å². The average Bonchev–Trinajstić information content (AvgIpc) is 3.13. The third-order valence-electron chi connectivity index (χ3n) is 3.08. The first-order valence-electron chi connectivity index (χ1n) is 6.54. The first-order valence-corrected chi connectivity index (χ1v) is 7.34. The molecule has 0 radical (unpaired) electrons. The van der Waals surface area contributed by atoms with Crippen LogP contribution >= 0.6 is 15.9 Å². The molecular formula is C13H20BrN3. The summed E-state index contributed by atoms with van der Waals surface area (Å²) in [5.41, 5.74) is 0. The first-order chi connectivity index (χ1) is 8.24. The summed E-state index contributed by atoms with van der Waals surface area (Å²) in [6, 6.07) is 2.76. The van der Waals surface area contributed by atoms with Gasteiger partial charge in [0, 0.05) is 25.1 Å². The van der Waals surface area contributed by atoms with Crippen LogP contribution in [0.3, 0.4) is 0 Å². The van der Waals surface area contributed by atoms with Crippen LogP contribution < -0.4 is 4.90 Å². The van der Waals surface area contributed by atoms with Crippen LogP contribution in [0.15, 0.2) is 10.7 Å². The third-order valence-corrected chi connectivity index (χ3v) is 3.48. The summed E-state index contributed by atoms with van der Waals surface area (Å²) < 4.78 is 0.904. The fourth-order valence-electron chi connectivity index (χ4n) is 1.96. The predicted octanol–water partition coefficient (Wildman–Crippen LogP) is 3.57. The molecule has 17 heavy (non-hydrogen) atoms. The molecule has 0 bridgehead atoms. The molecule has 1 heterocycles. The van der Waals surface area contributed by atoms with Crippen LogP contribution in [0.2, 0.25) is 0 Å². The van der Waals surface area contributed by atoms with Crippen LogP contribution in [0.25, 0.3) is 0 Å². The lowest BCUT2D eigenvalue weighted by atomic mass is 10.3. The molecule has 4 heteroatoms. The van der Waals surface area contributed by atoms with Gasteiger partial charge in [-0.25, -0.2) is 9.97 Å². The standard InChI is InChI=1S/C13H20BrN3/c1-3-5-8-17(10-6-7-10)13-9-11(14)15-12(4-2)16-13/h9-10H,3-8H2,1-2H3. The molecule has 0 spiro atoms. The highest BCUT2D eigenvalue weighted by Crippen LogP contribution is 2.31. The Labute approximate surface area is 112 Å². The summed E-state index contributed by atoms with van der Waals surface area (Å²) in [6.45, 7) is 5.45. The van der Waals surface area contributed by atoms with Gasteiger partial charge in [0.25, 0.3) is 0 Å². The predicted molar refractivity (Wildman–Crippen MR) is 74.4 cm³/mol. The third kappa shape index (κ3) is 3.41. The summed E-state index contributed by atoms with van der Waals surface area (Å²) in [6.07, 6.45) is 5.98. The highest BCUT2D eigenvalue weighted by Gasteiger charge is 2.29. The number of nitrogens with zero attached hydrogens (tertiary/aromatic N) is 3. The molecule has 1 aromatic heterocycles. The summed E-state index contributed by atoms with van der Waals surface area (Å²) in [5, 5.41) is 0. The van der Waals surface area contributed by atoms with Crippen molar-refractivity contribution in [1.82, 2.24) is 9.97 Å². The molecule has 0 saturated heterocycles. The van der Waals surface area contributed by atoms with Crippen molar-refractivity contribution in [3.05, 3.63) is 16.5 Å². The number of unbranched alkanes of at least 4 members (excludes halogenated alkanes) is 1. The van der Waals surface area contributed by atoms with Crippen molar-refractivity contribution in [3.8, 4) is 0 Å². The Kier molecular flexibility index (Phi) is 4.37. The van der Waals surface area contributed by atoms with Crippen LogP contribution in [-0.2, 0) is 6.42 Å². The van der Waals surface area contributed by atoms with Crippen molar-refractivity contribution >= 4 is 21.7 Å². The largest absolute Gasteiger partial charge is 0.353 e. The number of aromatic nitrogens is 2. The van der Waals surface area contributed by atoms with E-state index in [4.69, 9.17) is 0 Å². The number of anilines is 1. The fraction of sp³-hybridized carbons (Fsp3) is 0.692. The van der Waals surface area contributed by atoms with Crippen molar-refractivity contribution in [2.24, 2.45) is 0 Å². The van der Waals surface area contributed by atoms with E-state index in [0.29, 0.717) is 6.04 Å². The lowest BCUT2D eigenvalue weighted by Gasteiger charge is -2.23. The monoisotopic (exact) mass is 297 g/mol. The Morgan fingerprint density at radius 3 is 2.71 bits per heavy atom. The molecule has 0 N–H and O–H groups in total. The number of rotatable bonds is 6. The van der Waals surface area contributed by atoms with Gasteiger partial charge in [-0.1, -0.05) is 20.3 Å². The molecule has 1 aliphatic rings. The molecule has 0 aromatic carbocycles. The topological polar surface area (TPSA) is 29.0 Å². The van der Waals surface area contributed by atoms with Crippen molar-refractivity contribution < 1.29 is 0 Å². The highest BCUT2D eigenvalue weighted by atomic mass is 79.9. The smallest absolute Gasteiger partial charge is 0.133 e. The summed E-state index contributed by atoms with van der Waals surface area (Å²) in [5.74, 6) is 2.02. The van der Waals surface area contributed by atoms with Gasteiger partial charge in [0.05, 0.1) is 0 Å². The van der Waals surface area contributed by atoms with E-state index in [1.54, 1.807) is 0 Å². The SMILES string of the molecule is CCCCN(c1cc(Br)nc(CC)n1)C1CC1. The molecule has 1 aliphatic carbocycles. The van der Waals surface area contributed by atoms with Crippen LogP contribution in [0.4, 0.5) is 5.82 Å². The van der Waals surface area contributed by atoms with Crippen molar-refractivity contribution in [2.75, 3.05) is 11.4 Å². The zero-order chi connectivity index (χ0) is 12.3.